The standard InChI is InChI=1S/C29H28N2O5/c1-17-30-27-22(16-32)25(18-8-6-5-7-9-18)29(19-10-12-20(33-2)13-11-19)28(27,31-17)26-23(35-4)14-21(34-3)15-24(26)36-29/h5-16,22,25,27H,1-4H3,(H,30,31)/t22-,25-,27?,28+,29+/m1/s1. The van der Waals surface area contributed by atoms with E-state index in [-0.39, 0.29) is 5.92 Å². The SMILES string of the molecule is COc1ccc([C@@]23Oc4cc(OC)cc(OC)c4[C@@]24NC(C)=NC4[C@H](C=O)[C@H]3c2ccccc2)cc1. The van der Waals surface area contributed by atoms with E-state index in [0.717, 1.165) is 34.6 Å². The molecule has 3 aliphatic rings. The predicted octanol–water partition coefficient (Wildman–Crippen LogP) is 4.20. The molecule has 1 fully saturated rings. The number of methoxy groups -OCH3 is 3. The third kappa shape index (κ3) is 2.68. The van der Waals surface area contributed by atoms with Gasteiger partial charge in [0.2, 0.25) is 0 Å². The van der Waals surface area contributed by atoms with Gasteiger partial charge in [0.25, 0.3) is 0 Å². The minimum atomic E-state index is -1.01. The van der Waals surface area contributed by atoms with Crippen molar-refractivity contribution in [2.24, 2.45) is 10.9 Å². The first-order valence-corrected chi connectivity index (χ1v) is 12.0. The number of aliphatic imine (C=N–C) groups is 1. The summed E-state index contributed by atoms with van der Waals surface area (Å²) in [6, 6.07) is 21.3. The van der Waals surface area contributed by atoms with Gasteiger partial charge in [-0.3, -0.25) is 4.99 Å². The highest BCUT2D eigenvalue weighted by Gasteiger charge is 2.79. The summed E-state index contributed by atoms with van der Waals surface area (Å²) in [5.74, 6) is 2.62. The van der Waals surface area contributed by atoms with Gasteiger partial charge in [-0.15, -0.1) is 0 Å². The molecule has 5 atom stereocenters. The largest absolute Gasteiger partial charge is 0.497 e. The fourth-order valence-corrected chi connectivity index (χ4v) is 6.69. The van der Waals surface area contributed by atoms with Crippen molar-refractivity contribution < 1.29 is 23.7 Å². The zero-order valence-electron chi connectivity index (χ0n) is 20.6. The Kier molecular flexibility index (Phi) is 5.00. The molecular weight excluding hydrogens is 456 g/mol. The Balaban J connectivity index is 1.73. The van der Waals surface area contributed by atoms with Crippen LogP contribution in [0.3, 0.4) is 0 Å². The lowest BCUT2D eigenvalue weighted by atomic mass is 9.68. The number of amidine groups is 1. The van der Waals surface area contributed by atoms with Gasteiger partial charge in [0, 0.05) is 18.1 Å². The van der Waals surface area contributed by atoms with Crippen molar-refractivity contribution in [1.29, 1.82) is 0 Å². The fourth-order valence-electron chi connectivity index (χ4n) is 6.69. The van der Waals surface area contributed by atoms with Crippen LogP contribution in [0.1, 0.15) is 29.5 Å². The maximum absolute atomic E-state index is 12.9. The van der Waals surface area contributed by atoms with Crippen LogP contribution in [-0.4, -0.2) is 39.5 Å². The average molecular weight is 485 g/mol. The normalized spacial score (nSPS) is 29.2. The van der Waals surface area contributed by atoms with Crippen LogP contribution in [0.4, 0.5) is 0 Å². The summed E-state index contributed by atoms with van der Waals surface area (Å²) in [7, 11) is 4.90. The zero-order chi connectivity index (χ0) is 25.1. The van der Waals surface area contributed by atoms with Crippen molar-refractivity contribution in [3.63, 3.8) is 0 Å². The summed E-state index contributed by atoms with van der Waals surface area (Å²) in [6.07, 6.45) is 1.04. The minimum absolute atomic E-state index is 0.331. The Morgan fingerprint density at radius 1 is 0.944 bits per heavy atom. The van der Waals surface area contributed by atoms with E-state index >= 15 is 0 Å². The average Bonchev–Trinajstić information content (AvgIpc) is 3.48. The van der Waals surface area contributed by atoms with Crippen LogP contribution in [0.15, 0.2) is 71.7 Å². The van der Waals surface area contributed by atoms with Crippen LogP contribution in [0.5, 0.6) is 23.0 Å². The Labute approximate surface area is 210 Å². The van der Waals surface area contributed by atoms with Crippen molar-refractivity contribution in [1.82, 2.24) is 5.32 Å². The van der Waals surface area contributed by atoms with Gasteiger partial charge in [-0.25, -0.2) is 0 Å². The second-order valence-corrected chi connectivity index (χ2v) is 9.46. The fraction of sp³-hybridized carbons (Fsp3) is 0.310. The number of carbonyl (C=O) groups excluding carboxylic acids is 1. The smallest absolute Gasteiger partial charge is 0.171 e. The van der Waals surface area contributed by atoms with Gasteiger partial charge in [0.15, 0.2) is 5.60 Å². The molecule has 0 saturated heterocycles. The molecular formula is C29H28N2O5. The molecule has 1 spiro atoms. The number of ether oxygens (including phenoxy) is 4. The maximum atomic E-state index is 12.9. The summed E-state index contributed by atoms with van der Waals surface area (Å²) in [4.78, 5) is 17.9. The number of nitrogens with one attached hydrogen (secondary N) is 1. The molecule has 3 aromatic carbocycles. The number of hydrogen-bond acceptors (Lipinski definition) is 7. The molecule has 2 heterocycles. The molecule has 7 nitrogen and oxygen atoms in total. The van der Waals surface area contributed by atoms with E-state index in [9.17, 15) is 4.79 Å². The van der Waals surface area contributed by atoms with Gasteiger partial charge in [0.05, 0.1) is 44.7 Å². The third-order valence-corrected chi connectivity index (χ3v) is 7.92. The van der Waals surface area contributed by atoms with Crippen LogP contribution in [0.25, 0.3) is 0 Å². The molecule has 0 bridgehead atoms. The molecule has 2 aliphatic heterocycles. The van der Waals surface area contributed by atoms with Gasteiger partial charge >= 0.3 is 0 Å². The zero-order valence-corrected chi connectivity index (χ0v) is 20.6. The first kappa shape index (κ1) is 22.5. The van der Waals surface area contributed by atoms with Crippen molar-refractivity contribution in [2.45, 2.75) is 30.0 Å². The Morgan fingerprint density at radius 2 is 1.67 bits per heavy atom. The number of aldehydes is 1. The van der Waals surface area contributed by atoms with E-state index in [1.807, 2.05) is 61.5 Å². The van der Waals surface area contributed by atoms with Crippen LogP contribution < -0.4 is 24.3 Å². The number of rotatable bonds is 6. The molecule has 0 amide bonds. The number of nitrogens with zero attached hydrogens (tertiary/aromatic N) is 1. The molecule has 1 N–H and O–H groups in total. The summed E-state index contributed by atoms with van der Waals surface area (Å²) in [6.45, 7) is 1.93. The van der Waals surface area contributed by atoms with Gasteiger partial charge in [-0.2, -0.15) is 0 Å². The Hall–Kier alpha value is -4.00. The Morgan fingerprint density at radius 3 is 2.31 bits per heavy atom. The van der Waals surface area contributed by atoms with E-state index < -0.39 is 23.1 Å². The van der Waals surface area contributed by atoms with E-state index in [4.69, 9.17) is 23.9 Å². The first-order valence-electron chi connectivity index (χ1n) is 12.0. The first-order chi connectivity index (χ1) is 17.5. The van der Waals surface area contributed by atoms with Crippen molar-refractivity contribution in [2.75, 3.05) is 21.3 Å². The molecule has 0 aromatic heterocycles. The highest BCUT2D eigenvalue weighted by atomic mass is 16.5. The summed E-state index contributed by atoms with van der Waals surface area (Å²) >= 11 is 0. The van der Waals surface area contributed by atoms with Crippen LogP contribution in [-0.2, 0) is 15.9 Å². The lowest BCUT2D eigenvalue weighted by Crippen LogP contribution is -2.58. The molecule has 3 aromatic rings. The molecule has 184 valence electrons. The van der Waals surface area contributed by atoms with Gasteiger partial charge in [-0.1, -0.05) is 42.5 Å². The summed E-state index contributed by atoms with van der Waals surface area (Å²) in [5, 5.41) is 3.71. The highest BCUT2D eigenvalue weighted by molar-refractivity contribution is 5.87. The molecule has 0 radical (unpaired) electrons. The minimum Gasteiger partial charge on any atom is -0.497 e. The number of carbonyl (C=O) groups is 1. The van der Waals surface area contributed by atoms with Crippen molar-refractivity contribution in [3.8, 4) is 23.0 Å². The second-order valence-electron chi connectivity index (χ2n) is 9.46. The van der Waals surface area contributed by atoms with E-state index in [2.05, 4.69) is 17.4 Å². The predicted molar refractivity (Wildman–Crippen MR) is 135 cm³/mol. The van der Waals surface area contributed by atoms with Crippen molar-refractivity contribution in [3.05, 3.63) is 83.4 Å². The van der Waals surface area contributed by atoms with E-state index in [1.165, 1.54) is 0 Å². The van der Waals surface area contributed by atoms with Crippen LogP contribution in [0, 0.1) is 5.92 Å². The monoisotopic (exact) mass is 484 g/mol. The molecule has 36 heavy (non-hydrogen) atoms. The molecule has 7 heteroatoms. The number of fused-ring (bicyclic) bond motifs is 1. The molecule has 6 rings (SSSR count). The number of benzene rings is 3. The topological polar surface area (TPSA) is 78.4 Å². The highest BCUT2D eigenvalue weighted by Crippen LogP contribution is 2.71. The van der Waals surface area contributed by atoms with Gasteiger partial charge in [-0.05, 0) is 30.2 Å². The summed E-state index contributed by atoms with van der Waals surface area (Å²) in [5.41, 5.74) is 0.872. The van der Waals surface area contributed by atoms with Gasteiger partial charge < -0.3 is 29.1 Å². The molecule has 1 unspecified atom stereocenters. The van der Waals surface area contributed by atoms with Crippen molar-refractivity contribution >= 4 is 12.1 Å². The maximum Gasteiger partial charge on any atom is 0.171 e. The molecule has 1 aliphatic carbocycles. The van der Waals surface area contributed by atoms with E-state index in [1.54, 1.807) is 21.3 Å². The second kappa shape index (κ2) is 8.01. The number of hydrogen-bond donors (Lipinski definition) is 1. The van der Waals surface area contributed by atoms with Crippen LogP contribution >= 0.6 is 0 Å². The van der Waals surface area contributed by atoms with Crippen LogP contribution in [0.2, 0.25) is 0 Å². The lowest BCUT2D eigenvalue weighted by molar-refractivity contribution is -0.112. The quantitative estimate of drug-likeness (QED) is 0.529. The third-order valence-electron chi connectivity index (χ3n) is 7.92. The van der Waals surface area contributed by atoms with Gasteiger partial charge in [0.1, 0.15) is 34.8 Å². The Bertz CT molecular complexity index is 1360. The van der Waals surface area contributed by atoms with E-state index in [0.29, 0.717) is 17.2 Å². The summed E-state index contributed by atoms with van der Waals surface area (Å²) < 4.78 is 24.1. The molecule has 1 saturated carbocycles. The lowest BCUT2D eigenvalue weighted by Gasteiger charge is -2.43.